The molecule has 0 aliphatic heterocycles. The molecule has 2 unspecified atom stereocenters. The van der Waals surface area contributed by atoms with Gasteiger partial charge in [-0.1, -0.05) is 6.42 Å². The smallest absolute Gasteiger partial charge is 0.238 e. The molecule has 1 saturated carbocycles. The predicted molar refractivity (Wildman–Crippen MR) is 79.5 cm³/mol. The van der Waals surface area contributed by atoms with E-state index in [0.29, 0.717) is 19.8 Å². The van der Waals surface area contributed by atoms with Crippen molar-refractivity contribution in [1.82, 2.24) is 5.32 Å². The molecule has 1 fully saturated rings. The van der Waals surface area contributed by atoms with Crippen molar-refractivity contribution in [2.45, 2.75) is 57.6 Å². The minimum atomic E-state index is -0.536. The van der Waals surface area contributed by atoms with Crippen molar-refractivity contribution in [1.29, 1.82) is 0 Å². The Balaban J connectivity index is 2.26. The minimum Gasteiger partial charge on any atom is -0.379 e. The number of hydrogen-bond acceptors (Lipinski definition) is 4. The highest BCUT2D eigenvalue weighted by Crippen LogP contribution is 2.37. The van der Waals surface area contributed by atoms with E-state index >= 15 is 0 Å². The van der Waals surface area contributed by atoms with Crippen LogP contribution in [0.1, 0.15) is 46.5 Å². The summed E-state index contributed by atoms with van der Waals surface area (Å²) in [4.78, 5) is 11.7. The zero-order chi connectivity index (χ0) is 15.2. The average molecular weight is 286 g/mol. The van der Waals surface area contributed by atoms with E-state index in [1.165, 1.54) is 0 Å². The van der Waals surface area contributed by atoms with Gasteiger partial charge in [-0.25, -0.2) is 0 Å². The van der Waals surface area contributed by atoms with Gasteiger partial charge in [-0.2, -0.15) is 0 Å². The Labute approximate surface area is 122 Å². The summed E-state index contributed by atoms with van der Waals surface area (Å²) in [6.45, 7) is 7.92. The number of hydrogen-bond donors (Lipinski definition) is 2. The lowest BCUT2D eigenvalue weighted by atomic mass is 9.84. The van der Waals surface area contributed by atoms with E-state index in [9.17, 15) is 4.79 Å². The summed E-state index contributed by atoms with van der Waals surface area (Å²) in [6, 6.07) is 0. The number of nitrogens with two attached hydrogens (primary N) is 1. The van der Waals surface area contributed by atoms with Crippen LogP contribution in [0.3, 0.4) is 0 Å². The molecule has 0 bridgehead atoms. The normalized spacial score (nSPS) is 26.9. The quantitative estimate of drug-likeness (QED) is 0.662. The molecule has 20 heavy (non-hydrogen) atoms. The molecular weight excluding hydrogens is 256 g/mol. The summed E-state index contributed by atoms with van der Waals surface area (Å²) < 4.78 is 11.2. The van der Waals surface area contributed by atoms with Crippen molar-refractivity contribution in [3.8, 4) is 0 Å². The fraction of sp³-hybridized carbons (Fsp3) is 0.933. The second-order valence-corrected chi connectivity index (χ2v) is 6.54. The molecule has 3 N–H and O–H groups in total. The number of likely N-dealkylation sites (N-methyl/N-ethyl adjacent to an activating group) is 1. The molecule has 1 amide bonds. The van der Waals surface area contributed by atoms with Crippen LogP contribution in [0.5, 0.6) is 0 Å². The number of carbonyl (C=O) groups is 1. The van der Waals surface area contributed by atoms with Gasteiger partial charge in [0.25, 0.3) is 0 Å². The molecule has 0 saturated heterocycles. The summed E-state index contributed by atoms with van der Waals surface area (Å²) in [6.07, 6.45) is 3.77. The molecule has 0 radical (unpaired) electrons. The average Bonchev–Trinajstić information content (AvgIpc) is 2.76. The zero-order valence-electron chi connectivity index (χ0n) is 13.3. The SMILES string of the molecule is CNC1(C(N)=O)CCCC1CCOCCOC(C)(C)C. The maximum Gasteiger partial charge on any atom is 0.238 e. The molecule has 118 valence electrons. The zero-order valence-corrected chi connectivity index (χ0v) is 13.3. The Morgan fingerprint density at radius 1 is 1.35 bits per heavy atom. The van der Waals surface area contributed by atoms with E-state index < -0.39 is 5.54 Å². The van der Waals surface area contributed by atoms with Crippen molar-refractivity contribution in [2.75, 3.05) is 26.9 Å². The number of primary amides is 1. The highest BCUT2D eigenvalue weighted by molar-refractivity contribution is 5.85. The van der Waals surface area contributed by atoms with Crippen LogP contribution < -0.4 is 11.1 Å². The van der Waals surface area contributed by atoms with Crippen molar-refractivity contribution < 1.29 is 14.3 Å². The van der Waals surface area contributed by atoms with Crippen molar-refractivity contribution in [3.63, 3.8) is 0 Å². The van der Waals surface area contributed by atoms with E-state index in [2.05, 4.69) is 5.32 Å². The van der Waals surface area contributed by atoms with Gasteiger partial charge in [0, 0.05) is 6.61 Å². The monoisotopic (exact) mass is 286 g/mol. The van der Waals surface area contributed by atoms with Gasteiger partial charge in [0.05, 0.1) is 18.8 Å². The first-order valence-corrected chi connectivity index (χ1v) is 7.52. The molecule has 0 aromatic rings. The topological polar surface area (TPSA) is 73.6 Å². The molecule has 0 spiro atoms. The maximum atomic E-state index is 11.7. The van der Waals surface area contributed by atoms with Gasteiger partial charge in [0.15, 0.2) is 0 Å². The van der Waals surface area contributed by atoms with Gasteiger partial charge in [-0.15, -0.1) is 0 Å². The number of ether oxygens (including phenoxy) is 2. The third kappa shape index (κ3) is 4.72. The highest BCUT2D eigenvalue weighted by atomic mass is 16.5. The fourth-order valence-corrected chi connectivity index (χ4v) is 2.98. The molecule has 0 heterocycles. The van der Waals surface area contributed by atoms with E-state index in [4.69, 9.17) is 15.2 Å². The van der Waals surface area contributed by atoms with E-state index in [0.717, 1.165) is 25.7 Å². The number of rotatable bonds is 8. The predicted octanol–water partition coefficient (Wildman–Crippen LogP) is 1.45. The molecule has 1 rings (SSSR count). The fourth-order valence-electron chi connectivity index (χ4n) is 2.98. The molecule has 1 aliphatic carbocycles. The van der Waals surface area contributed by atoms with Gasteiger partial charge >= 0.3 is 0 Å². The maximum absolute atomic E-state index is 11.7. The number of nitrogens with one attached hydrogen (secondary N) is 1. The summed E-state index contributed by atoms with van der Waals surface area (Å²) in [5, 5.41) is 3.14. The van der Waals surface area contributed by atoms with Gasteiger partial charge in [-0.05, 0) is 53.0 Å². The van der Waals surface area contributed by atoms with Crippen LogP contribution >= 0.6 is 0 Å². The Kier molecular flexibility index (Phi) is 6.43. The third-order valence-corrected chi connectivity index (χ3v) is 4.08. The van der Waals surface area contributed by atoms with Crippen LogP contribution in [0.4, 0.5) is 0 Å². The first kappa shape index (κ1) is 17.4. The molecule has 2 atom stereocenters. The summed E-state index contributed by atoms with van der Waals surface area (Å²) in [7, 11) is 1.82. The van der Waals surface area contributed by atoms with E-state index in [1.54, 1.807) is 0 Å². The van der Waals surface area contributed by atoms with Crippen molar-refractivity contribution in [2.24, 2.45) is 11.7 Å². The van der Waals surface area contributed by atoms with E-state index in [1.807, 2.05) is 27.8 Å². The second-order valence-electron chi connectivity index (χ2n) is 6.54. The number of carbonyl (C=O) groups excluding carboxylic acids is 1. The first-order chi connectivity index (χ1) is 9.32. The molecule has 5 nitrogen and oxygen atoms in total. The van der Waals surface area contributed by atoms with Crippen LogP contribution in [0.25, 0.3) is 0 Å². The van der Waals surface area contributed by atoms with Crippen molar-refractivity contribution in [3.05, 3.63) is 0 Å². The molecule has 1 aliphatic rings. The third-order valence-electron chi connectivity index (χ3n) is 4.08. The summed E-state index contributed by atoms with van der Waals surface area (Å²) >= 11 is 0. The lowest BCUT2D eigenvalue weighted by Gasteiger charge is -2.32. The lowest BCUT2D eigenvalue weighted by Crippen LogP contribution is -2.56. The van der Waals surface area contributed by atoms with Gasteiger partial charge in [0.1, 0.15) is 5.54 Å². The van der Waals surface area contributed by atoms with Crippen LogP contribution in [0.15, 0.2) is 0 Å². The van der Waals surface area contributed by atoms with Crippen molar-refractivity contribution >= 4 is 5.91 Å². The molecular formula is C15H30N2O3. The number of amides is 1. The summed E-state index contributed by atoms with van der Waals surface area (Å²) in [5.41, 5.74) is 4.91. The standard InChI is InChI=1S/C15H30N2O3/c1-14(2,3)20-11-10-19-9-7-12-6-5-8-15(12,17-4)13(16)18/h12,17H,5-11H2,1-4H3,(H2,16,18). The van der Waals surface area contributed by atoms with E-state index in [-0.39, 0.29) is 17.4 Å². The van der Waals surface area contributed by atoms with Gasteiger partial charge in [-0.3, -0.25) is 4.79 Å². The molecule has 0 aromatic heterocycles. The lowest BCUT2D eigenvalue weighted by molar-refractivity contribution is -0.126. The Morgan fingerprint density at radius 3 is 2.60 bits per heavy atom. The van der Waals surface area contributed by atoms with Gasteiger partial charge in [0.2, 0.25) is 5.91 Å². The minimum absolute atomic E-state index is 0.123. The first-order valence-electron chi connectivity index (χ1n) is 7.52. The van der Waals surface area contributed by atoms with Crippen LogP contribution in [-0.4, -0.2) is 43.9 Å². The molecule has 0 aromatic carbocycles. The highest BCUT2D eigenvalue weighted by Gasteiger charge is 2.46. The van der Waals surface area contributed by atoms with Gasteiger partial charge < -0.3 is 20.5 Å². The van der Waals surface area contributed by atoms with Crippen LogP contribution in [0, 0.1) is 5.92 Å². The van der Waals surface area contributed by atoms with Crippen LogP contribution in [-0.2, 0) is 14.3 Å². The Morgan fingerprint density at radius 2 is 2.05 bits per heavy atom. The Bertz CT molecular complexity index is 315. The largest absolute Gasteiger partial charge is 0.379 e. The molecule has 5 heteroatoms. The Hall–Kier alpha value is -0.650. The van der Waals surface area contributed by atoms with Crippen LogP contribution in [0.2, 0.25) is 0 Å². The second kappa shape index (κ2) is 7.38. The summed E-state index contributed by atoms with van der Waals surface area (Å²) in [5.74, 6) is 0.0344.